The number of aliphatic hydroxyl groups is 1. The van der Waals surface area contributed by atoms with Gasteiger partial charge in [-0.3, -0.25) is 0 Å². The van der Waals surface area contributed by atoms with E-state index in [2.05, 4.69) is 19.2 Å². The molecule has 0 aliphatic rings. The lowest BCUT2D eigenvalue weighted by atomic mass is 10.0. The van der Waals surface area contributed by atoms with E-state index < -0.39 is 0 Å². The summed E-state index contributed by atoms with van der Waals surface area (Å²) < 4.78 is 12.2. The van der Waals surface area contributed by atoms with E-state index in [1.165, 1.54) is 193 Å². The zero-order valence-corrected chi connectivity index (χ0v) is 33.3. The van der Waals surface area contributed by atoms with Gasteiger partial charge in [0, 0.05) is 19.6 Å². The lowest BCUT2D eigenvalue weighted by Gasteiger charge is -2.20. The van der Waals surface area contributed by atoms with Crippen LogP contribution < -0.4 is 17.7 Å². The Bertz CT molecular complexity index is 538. The molecule has 286 valence electrons. The number of rotatable bonds is 41. The quantitative estimate of drug-likeness (QED) is 0.0631. The fraction of sp³-hybridized carbons (Fsp3) is 1.00. The molecule has 0 aromatic heterocycles. The predicted molar refractivity (Wildman–Crippen MR) is 203 cm³/mol. The van der Waals surface area contributed by atoms with E-state index in [0.717, 1.165) is 32.6 Å². The highest BCUT2D eigenvalue weighted by molar-refractivity contribution is 4.64. The highest BCUT2D eigenvalue weighted by Gasteiger charge is 2.16. The van der Waals surface area contributed by atoms with E-state index in [1.54, 1.807) is 0 Å². The maximum Gasteiger partial charge on any atom is 0.105 e. The molecule has 0 spiro atoms. The smallest absolute Gasteiger partial charge is 0.105 e. The van der Waals surface area contributed by atoms with Crippen molar-refractivity contribution in [2.75, 3.05) is 33.4 Å². The van der Waals surface area contributed by atoms with E-state index in [-0.39, 0.29) is 24.6 Å². The molecule has 0 rings (SSSR count). The minimum Gasteiger partial charge on any atom is -1.00 e. The first-order valence-corrected chi connectivity index (χ1v) is 21.4. The van der Waals surface area contributed by atoms with Crippen LogP contribution >= 0.6 is 0 Å². The van der Waals surface area contributed by atoms with Crippen molar-refractivity contribution in [1.82, 2.24) is 0 Å². The SMILES string of the molecule is CCCCCCCCCCCCCCCCCCOCC(CC(O)C[NH2+]C)OCCCCCCCCCCCCCCCCCC.[Cl-]. The summed E-state index contributed by atoms with van der Waals surface area (Å²) in [6.45, 7) is 7.58. The molecular weight excluding hydrogens is 602 g/mol. The molecule has 0 saturated heterocycles. The molecule has 2 unspecified atom stereocenters. The maximum absolute atomic E-state index is 10.3. The molecule has 0 aromatic rings. The van der Waals surface area contributed by atoms with Crippen molar-refractivity contribution in [3.8, 4) is 0 Å². The first-order valence-electron chi connectivity index (χ1n) is 21.4. The molecule has 0 bridgehead atoms. The van der Waals surface area contributed by atoms with Crippen molar-refractivity contribution in [2.24, 2.45) is 0 Å². The third-order valence-corrected chi connectivity index (χ3v) is 9.84. The van der Waals surface area contributed by atoms with Gasteiger partial charge in [0.1, 0.15) is 12.6 Å². The van der Waals surface area contributed by atoms with Crippen molar-refractivity contribution in [2.45, 2.75) is 238 Å². The second kappa shape index (κ2) is 44.2. The van der Waals surface area contributed by atoms with Crippen molar-refractivity contribution in [3.05, 3.63) is 0 Å². The van der Waals surface area contributed by atoms with Crippen LogP contribution in [0.25, 0.3) is 0 Å². The second-order valence-corrected chi connectivity index (χ2v) is 14.7. The van der Waals surface area contributed by atoms with Gasteiger partial charge in [0.05, 0.1) is 19.8 Å². The summed E-state index contributed by atoms with van der Waals surface area (Å²) in [5, 5.41) is 12.4. The normalized spacial score (nSPS) is 12.8. The van der Waals surface area contributed by atoms with Crippen LogP contribution in [0.5, 0.6) is 0 Å². The number of aliphatic hydroxyl groups excluding tert-OH is 1. The molecule has 2 atom stereocenters. The summed E-state index contributed by atoms with van der Waals surface area (Å²) in [6, 6.07) is 0. The van der Waals surface area contributed by atoms with Crippen LogP contribution in [0.4, 0.5) is 0 Å². The topological polar surface area (TPSA) is 55.3 Å². The standard InChI is InChI=1S/C42H87NO3.ClH/c1-4-6-8-10-12-14-16-18-20-22-24-26-28-30-32-34-36-45-40-42(38-41(44)39-43-3)46-37-35-33-31-29-27-25-23-21-19-17-15-13-11-9-7-5-2;/h41-44H,4-40H2,1-3H3;1H. The number of ether oxygens (including phenoxy) is 2. The number of hydrogen-bond acceptors (Lipinski definition) is 3. The summed E-state index contributed by atoms with van der Waals surface area (Å²) in [5.74, 6) is 0. The molecule has 0 radical (unpaired) electrons. The Balaban J connectivity index is 0. The Morgan fingerprint density at radius 3 is 1.06 bits per heavy atom. The van der Waals surface area contributed by atoms with Gasteiger partial charge in [-0.15, -0.1) is 0 Å². The molecule has 47 heavy (non-hydrogen) atoms. The Morgan fingerprint density at radius 2 is 0.745 bits per heavy atom. The van der Waals surface area contributed by atoms with Crippen molar-refractivity contribution >= 4 is 0 Å². The van der Waals surface area contributed by atoms with Crippen LogP contribution in [-0.2, 0) is 9.47 Å². The van der Waals surface area contributed by atoms with Crippen LogP contribution in [0, 0.1) is 0 Å². The van der Waals surface area contributed by atoms with Gasteiger partial charge < -0.3 is 32.3 Å². The minimum absolute atomic E-state index is 0. The van der Waals surface area contributed by atoms with E-state index in [9.17, 15) is 5.11 Å². The molecule has 0 aliphatic carbocycles. The molecule has 0 aliphatic heterocycles. The minimum atomic E-state index is -0.319. The third kappa shape index (κ3) is 42.2. The molecule has 3 N–H and O–H groups in total. The molecule has 0 aromatic carbocycles. The molecular formula is C42H88ClNO3. The Morgan fingerprint density at radius 1 is 0.447 bits per heavy atom. The summed E-state index contributed by atoms with van der Waals surface area (Å²) >= 11 is 0. The highest BCUT2D eigenvalue weighted by atomic mass is 35.5. The van der Waals surface area contributed by atoms with E-state index >= 15 is 0 Å². The molecule has 0 heterocycles. The van der Waals surface area contributed by atoms with Gasteiger partial charge in [-0.2, -0.15) is 0 Å². The summed E-state index contributed by atoms with van der Waals surface area (Å²) in [5.41, 5.74) is 0. The van der Waals surface area contributed by atoms with Gasteiger partial charge in [0.25, 0.3) is 0 Å². The number of likely N-dealkylation sites (N-methyl/N-ethyl adjacent to an activating group) is 1. The highest BCUT2D eigenvalue weighted by Crippen LogP contribution is 2.16. The summed E-state index contributed by atoms with van der Waals surface area (Å²) in [6.07, 6.45) is 44.9. The zero-order valence-electron chi connectivity index (χ0n) is 32.5. The van der Waals surface area contributed by atoms with Gasteiger partial charge in [-0.25, -0.2) is 0 Å². The predicted octanol–water partition coefficient (Wildman–Crippen LogP) is 8.86. The van der Waals surface area contributed by atoms with Gasteiger partial charge in [0.2, 0.25) is 0 Å². The van der Waals surface area contributed by atoms with E-state index in [0.29, 0.717) is 13.0 Å². The van der Waals surface area contributed by atoms with E-state index in [1.807, 2.05) is 7.05 Å². The molecule has 4 nitrogen and oxygen atoms in total. The fourth-order valence-electron chi connectivity index (χ4n) is 6.72. The number of halogens is 1. The third-order valence-electron chi connectivity index (χ3n) is 9.84. The Hall–Kier alpha value is 0.130. The number of nitrogens with two attached hydrogens (primary N) is 1. The summed E-state index contributed by atoms with van der Waals surface area (Å²) in [4.78, 5) is 0. The monoisotopic (exact) mass is 690 g/mol. The second-order valence-electron chi connectivity index (χ2n) is 14.7. The average Bonchev–Trinajstić information content (AvgIpc) is 3.05. The Labute approximate surface area is 302 Å². The average molecular weight is 691 g/mol. The first kappa shape index (κ1) is 49.2. The van der Waals surface area contributed by atoms with Gasteiger partial charge in [-0.1, -0.05) is 206 Å². The van der Waals surface area contributed by atoms with E-state index in [4.69, 9.17) is 9.47 Å². The van der Waals surface area contributed by atoms with Gasteiger partial charge in [-0.05, 0) is 12.8 Å². The zero-order chi connectivity index (χ0) is 33.4. The molecule has 5 heteroatoms. The van der Waals surface area contributed by atoms with Crippen LogP contribution in [-0.4, -0.2) is 50.7 Å². The lowest BCUT2D eigenvalue weighted by molar-refractivity contribution is -0.634. The first-order chi connectivity index (χ1) is 22.7. The van der Waals surface area contributed by atoms with Crippen molar-refractivity contribution < 1.29 is 32.3 Å². The van der Waals surface area contributed by atoms with Crippen molar-refractivity contribution in [3.63, 3.8) is 0 Å². The fourth-order valence-corrected chi connectivity index (χ4v) is 6.72. The van der Waals surface area contributed by atoms with Crippen LogP contribution in [0.2, 0.25) is 0 Å². The maximum atomic E-state index is 10.3. The van der Waals surface area contributed by atoms with Crippen LogP contribution in [0.3, 0.4) is 0 Å². The number of unbranched alkanes of at least 4 members (excludes halogenated alkanes) is 30. The van der Waals surface area contributed by atoms with Crippen LogP contribution in [0.15, 0.2) is 0 Å². The summed E-state index contributed by atoms with van der Waals surface area (Å²) in [7, 11) is 2.02. The largest absolute Gasteiger partial charge is 1.00 e. The molecule has 0 amide bonds. The molecule has 0 saturated carbocycles. The number of hydrogen-bond donors (Lipinski definition) is 2. The van der Waals surface area contributed by atoms with Crippen molar-refractivity contribution in [1.29, 1.82) is 0 Å². The number of quaternary nitrogens is 1. The van der Waals surface area contributed by atoms with Crippen LogP contribution in [0.1, 0.15) is 226 Å². The van der Waals surface area contributed by atoms with Gasteiger partial charge >= 0.3 is 0 Å². The Kier molecular flexibility index (Phi) is 46.3. The molecule has 0 fully saturated rings. The van der Waals surface area contributed by atoms with Gasteiger partial charge in [0.15, 0.2) is 0 Å². The lowest BCUT2D eigenvalue weighted by Crippen LogP contribution is -3.00.